The van der Waals surface area contributed by atoms with E-state index in [1.165, 1.54) is 11.9 Å². The zero-order chi connectivity index (χ0) is 19.8. The van der Waals surface area contributed by atoms with Gasteiger partial charge in [0.15, 0.2) is 5.96 Å². The number of nitrogens with zero attached hydrogens (tertiary/aromatic N) is 2. The van der Waals surface area contributed by atoms with Crippen LogP contribution in [0.4, 0.5) is 13.2 Å². The summed E-state index contributed by atoms with van der Waals surface area (Å²) in [4.78, 5) is 5.48. The number of halogens is 4. The van der Waals surface area contributed by atoms with Gasteiger partial charge in [-0.1, -0.05) is 20.8 Å². The Labute approximate surface area is 178 Å². The van der Waals surface area contributed by atoms with Gasteiger partial charge in [-0.25, -0.2) is 0 Å². The Morgan fingerprint density at radius 2 is 1.89 bits per heavy atom. The summed E-state index contributed by atoms with van der Waals surface area (Å²) in [5.74, 6) is 1.10. The van der Waals surface area contributed by atoms with Crippen LogP contribution in [0.2, 0.25) is 0 Å². The van der Waals surface area contributed by atoms with Gasteiger partial charge >= 0.3 is 6.18 Å². The first-order chi connectivity index (χ1) is 12.0. The zero-order valence-electron chi connectivity index (χ0n) is 17.2. The average molecular weight is 508 g/mol. The molecule has 2 atom stereocenters. The summed E-state index contributed by atoms with van der Waals surface area (Å²) >= 11 is 0. The number of hydrogen-bond acceptors (Lipinski definition) is 3. The number of ether oxygens (including phenoxy) is 1. The lowest BCUT2D eigenvalue weighted by molar-refractivity contribution is -0.143. The molecular weight excluding hydrogens is 472 g/mol. The largest absolute Gasteiger partial charge is 0.401 e. The minimum Gasteiger partial charge on any atom is -0.377 e. The third-order valence-electron chi connectivity index (χ3n) is 4.51. The summed E-state index contributed by atoms with van der Waals surface area (Å²) < 4.78 is 42.9. The highest BCUT2D eigenvalue weighted by molar-refractivity contribution is 14.0. The molecule has 2 N–H and O–H groups in total. The molecule has 1 fully saturated rings. The Morgan fingerprint density at radius 1 is 1.22 bits per heavy atom. The molecule has 27 heavy (non-hydrogen) atoms. The van der Waals surface area contributed by atoms with Crippen molar-refractivity contribution in [2.75, 3.05) is 46.9 Å². The third kappa shape index (κ3) is 11.3. The molecule has 0 aromatic carbocycles. The lowest BCUT2D eigenvalue weighted by atomic mass is 9.78. The fraction of sp³-hybridized carbons (Fsp3) is 0.944. The smallest absolute Gasteiger partial charge is 0.377 e. The Hall–Kier alpha value is -0.290. The molecule has 0 amide bonds. The lowest BCUT2D eigenvalue weighted by Gasteiger charge is -2.40. The quantitative estimate of drug-likeness (QED) is 0.239. The van der Waals surface area contributed by atoms with E-state index in [0.717, 1.165) is 26.0 Å². The minimum atomic E-state index is -4.15. The molecule has 0 aromatic rings. The summed E-state index contributed by atoms with van der Waals surface area (Å²) in [7, 11) is 3.18. The van der Waals surface area contributed by atoms with Gasteiger partial charge in [0.25, 0.3) is 0 Å². The van der Waals surface area contributed by atoms with Crippen LogP contribution in [0.25, 0.3) is 0 Å². The number of guanidine groups is 1. The second-order valence-electron chi connectivity index (χ2n) is 8.15. The second kappa shape index (κ2) is 12.3. The molecule has 162 valence electrons. The number of rotatable bonds is 7. The van der Waals surface area contributed by atoms with E-state index in [-0.39, 0.29) is 35.5 Å². The SMILES string of the molecule is CN=C(NCCCN(C)CC(F)(F)F)NCC1CCCOC1C(C)(C)C.I. The molecular formula is C18H36F3IN4O. The van der Waals surface area contributed by atoms with Crippen LogP contribution in [-0.4, -0.2) is 70.0 Å². The molecule has 1 saturated heterocycles. The van der Waals surface area contributed by atoms with Crippen molar-refractivity contribution in [3.63, 3.8) is 0 Å². The maximum Gasteiger partial charge on any atom is 0.401 e. The van der Waals surface area contributed by atoms with Crippen LogP contribution >= 0.6 is 24.0 Å². The number of hydrogen-bond donors (Lipinski definition) is 2. The van der Waals surface area contributed by atoms with E-state index in [2.05, 4.69) is 36.4 Å². The van der Waals surface area contributed by atoms with E-state index < -0.39 is 12.7 Å². The van der Waals surface area contributed by atoms with Crippen LogP contribution < -0.4 is 10.6 Å². The van der Waals surface area contributed by atoms with Gasteiger partial charge in [-0.3, -0.25) is 9.89 Å². The fourth-order valence-electron chi connectivity index (χ4n) is 3.40. The van der Waals surface area contributed by atoms with E-state index in [1.54, 1.807) is 7.05 Å². The minimum absolute atomic E-state index is 0. The van der Waals surface area contributed by atoms with Gasteiger partial charge in [-0.15, -0.1) is 24.0 Å². The molecule has 2 unspecified atom stereocenters. The van der Waals surface area contributed by atoms with E-state index in [9.17, 15) is 13.2 Å². The second-order valence-corrected chi connectivity index (χ2v) is 8.15. The standard InChI is InChI=1S/C18H35F3N4O.HI/c1-17(2,3)15-14(8-6-11-26-15)12-24-16(22-4)23-9-7-10-25(5)13-18(19,20)21;/h14-15H,6-13H2,1-5H3,(H2,22,23,24);1H. The number of nitrogens with one attached hydrogen (secondary N) is 2. The molecule has 1 heterocycles. The average Bonchev–Trinajstić information content (AvgIpc) is 2.52. The highest BCUT2D eigenvalue weighted by Crippen LogP contribution is 2.33. The molecule has 0 radical (unpaired) electrons. The van der Waals surface area contributed by atoms with Crippen molar-refractivity contribution >= 4 is 29.9 Å². The molecule has 1 rings (SSSR count). The zero-order valence-corrected chi connectivity index (χ0v) is 19.5. The van der Waals surface area contributed by atoms with Crippen molar-refractivity contribution < 1.29 is 17.9 Å². The topological polar surface area (TPSA) is 48.9 Å². The van der Waals surface area contributed by atoms with E-state index in [0.29, 0.717) is 31.4 Å². The van der Waals surface area contributed by atoms with Crippen LogP contribution in [0.5, 0.6) is 0 Å². The predicted molar refractivity (Wildman–Crippen MR) is 115 cm³/mol. The monoisotopic (exact) mass is 508 g/mol. The predicted octanol–water partition coefficient (Wildman–Crippen LogP) is 3.49. The van der Waals surface area contributed by atoms with Gasteiger partial charge in [0.1, 0.15) is 0 Å². The molecule has 0 bridgehead atoms. The van der Waals surface area contributed by atoms with Gasteiger partial charge in [-0.05, 0) is 38.3 Å². The highest BCUT2D eigenvalue weighted by Gasteiger charge is 2.35. The maximum atomic E-state index is 12.3. The van der Waals surface area contributed by atoms with Crippen LogP contribution in [0, 0.1) is 11.3 Å². The molecule has 9 heteroatoms. The molecule has 0 aliphatic carbocycles. The summed E-state index contributed by atoms with van der Waals surface area (Å²) in [6.07, 6.45) is -1.14. The summed E-state index contributed by atoms with van der Waals surface area (Å²) in [5.41, 5.74) is 0.0901. The van der Waals surface area contributed by atoms with Crippen molar-refractivity contribution in [3.05, 3.63) is 0 Å². The summed E-state index contributed by atoms with van der Waals surface area (Å²) in [6.45, 7) is 8.25. The number of aliphatic imine (C=N–C) groups is 1. The van der Waals surface area contributed by atoms with Crippen molar-refractivity contribution in [1.29, 1.82) is 0 Å². The van der Waals surface area contributed by atoms with Crippen molar-refractivity contribution in [1.82, 2.24) is 15.5 Å². The van der Waals surface area contributed by atoms with Crippen molar-refractivity contribution in [2.45, 2.75) is 52.3 Å². The van der Waals surface area contributed by atoms with Crippen LogP contribution in [0.15, 0.2) is 4.99 Å². The first-order valence-electron chi connectivity index (χ1n) is 9.34. The summed E-state index contributed by atoms with van der Waals surface area (Å²) in [5, 5.41) is 6.50. The van der Waals surface area contributed by atoms with E-state index >= 15 is 0 Å². The molecule has 1 aliphatic heterocycles. The molecule has 0 aromatic heterocycles. The molecule has 1 aliphatic rings. The first-order valence-corrected chi connectivity index (χ1v) is 9.34. The first kappa shape index (κ1) is 26.7. The van der Waals surface area contributed by atoms with Crippen LogP contribution in [-0.2, 0) is 4.74 Å². The van der Waals surface area contributed by atoms with Gasteiger partial charge in [0.05, 0.1) is 12.6 Å². The molecule has 0 spiro atoms. The van der Waals surface area contributed by atoms with Crippen molar-refractivity contribution in [2.24, 2.45) is 16.3 Å². The molecule has 5 nitrogen and oxygen atoms in total. The fourth-order valence-corrected chi connectivity index (χ4v) is 3.40. The van der Waals surface area contributed by atoms with E-state index in [4.69, 9.17) is 4.74 Å². The van der Waals surface area contributed by atoms with Gasteiger partial charge < -0.3 is 15.4 Å². The van der Waals surface area contributed by atoms with Crippen LogP contribution in [0.3, 0.4) is 0 Å². The normalized spacial score (nSPS) is 21.7. The van der Waals surface area contributed by atoms with Crippen molar-refractivity contribution in [3.8, 4) is 0 Å². The Kier molecular flexibility index (Phi) is 12.2. The Bertz CT molecular complexity index is 441. The van der Waals surface area contributed by atoms with Gasteiger partial charge in [0.2, 0.25) is 0 Å². The number of alkyl halides is 3. The summed E-state index contributed by atoms with van der Waals surface area (Å²) in [6, 6.07) is 0. The Morgan fingerprint density at radius 3 is 2.44 bits per heavy atom. The van der Waals surface area contributed by atoms with Crippen LogP contribution in [0.1, 0.15) is 40.0 Å². The third-order valence-corrected chi connectivity index (χ3v) is 4.51. The van der Waals surface area contributed by atoms with Gasteiger partial charge in [0, 0.05) is 32.7 Å². The molecule has 0 saturated carbocycles. The van der Waals surface area contributed by atoms with E-state index in [1.807, 2.05) is 0 Å². The Balaban J connectivity index is 0.00000676. The lowest BCUT2D eigenvalue weighted by Crippen LogP contribution is -2.47. The van der Waals surface area contributed by atoms with Gasteiger partial charge in [-0.2, -0.15) is 13.2 Å². The highest BCUT2D eigenvalue weighted by atomic mass is 127. The maximum absolute atomic E-state index is 12.3.